The second kappa shape index (κ2) is 5.66. The van der Waals surface area contributed by atoms with Crippen molar-refractivity contribution in [1.29, 1.82) is 0 Å². The van der Waals surface area contributed by atoms with Gasteiger partial charge in [0.1, 0.15) is 0 Å². The summed E-state index contributed by atoms with van der Waals surface area (Å²) >= 11 is 0. The minimum atomic E-state index is -3.39. The highest BCUT2D eigenvalue weighted by atomic mass is 32.2. The van der Waals surface area contributed by atoms with Crippen LogP contribution in [0.3, 0.4) is 0 Å². The van der Waals surface area contributed by atoms with Crippen molar-refractivity contribution in [3.8, 4) is 0 Å². The predicted molar refractivity (Wildman–Crippen MR) is 84.0 cm³/mol. The molecule has 0 bridgehead atoms. The van der Waals surface area contributed by atoms with E-state index in [2.05, 4.69) is 0 Å². The number of sulfone groups is 1. The molecule has 5 nitrogen and oxygen atoms in total. The summed E-state index contributed by atoms with van der Waals surface area (Å²) in [6.07, 6.45) is 3.60. The van der Waals surface area contributed by atoms with Crippen LogP contribution in [0.25, 0.3) is 0 Å². The van der Waals surface area contributed by atoms with Crippen LogP contribution in [-0.2, 0) is 14.6 Å². The fourth-order valence-corrected chi connectivity index (χ4v) is 5.32. The molecule has 2 N–H and O–H groups in total. The summed E-state index contributed by atoms with van der Waals surface area (Å²) in [5, 5.41) is -0.548. The van der Waals surface area contributed by atoms with Gasteiger partial charge in [-0.1, -0.05) is 18.2 Å². The lowest BCUT2D eigenvalue weighted by atomic mass is 9.75. The summed E-state index contributed by atoms with van der Waals surface area (Å²) < 4.78 is 25.0. The summed E-state index contributed by atoms with van der Waals surface area (Å²) in [5.74, 6) is -0.0771. The maximum Gasteiger partial charge on any atom is 0.242 e. The SMILES string of the molecule is NC1(C(=O)N2CCCCC2)CC(S(=O)(=O)c2ccccc2)C1. The van der Waals surface area contributed by atoms with E-state index in [0.29, 0.717) is 4.90 Å². The van der Waals surface area contributed by atoms with E-state index in [1.807, 2.05) is 0 Å². The molecule has 1 amide bonds. The highest BCUT2D eigenvalue weighted by Gasteiger charge is 2.53. The minimum Gasteiger partial charge on any atom is -0.341 e. The topological polar surface area (TPSA) is 80.5 Å². The Balaban J connectivity index is 1.69. The van der Waals surface area contributed by atoms with Crippen LogP contribution in [0.4, 0.5) is 0 Å². The number of rotatable bonds is 3. The van der Waals surface area contributed by atoms with Crippen LogP contribution in [0.1, 0.15) is 32.1 Å². The van der Waals surface area contributed by atoms with Gasteiger partial charge in [-0.05, 0) is 44.2 Å². The van der Waals surface area contributed by atoms with Crippen molar-refractivity contribution in [2.45, 2.75) is 47.8 Å². The first kappa shape index (κ1) is 15.5. The van der Waals surface area contributed by atoms with E-state index in [4.69, 9.17) is 5.73 Å². The van der Waals surface area contributed by atoms with Gasteiger partial charge in [-0.3, -0.25) is 4.79 Å². The van der Waals surface area contributed by atoms with Crippen LogP contribution in [0.15, 0.2) is 35.2 Å². The number of nitrogens with zero attached hydrogens (tertiary/aromatic N) is 1. The van der Waals surface area contributed by atoms with Crippen molar-refractivity contribution in [1.82, 2.24) is 4.90 Å². The van der Waals surface area contributed by atoms with Crippen LogP contribution in [0.2, 0.25) is 0 Å². The Morgan fingerprint density at radius 1 is 1.09 bits per heavy atom. The Morgan fingerprint density at radius 2 is 1.68 bits per heavy atom. The molecule has 1 heterocycles. The van der Waals surface area contributed by atoms with Crippen molar-refractivity contribution >= 4 is 15.7 Å². The van der Waals surface area contributed by atoms with E-state index in [1.165, 1.54) is 0 Å². The fraction of sp³-hybridized carbons (Fsp3) is 0.562. The van der Waals surface area contributed by atoms with Crippen molar-refractivity contribution in [3.05, 3.63) is 30.3 Å². The van der Waals surface area contributed by atoms with E-state index >= 15 is 0 Å². The van der Waals surface area contributed by atoms with Gasteiger partial charge in [-0.15, -0.1) is 0 Å². The molecule has 3 rings (SSSR count). The third-order valence-corrected chi connectivity index (χ3v) is 6.90. The van der Waals surface area contributed by atoms with Gasteiger partial charge in [0.05, 0.1) is 15.7 Å². The lowest BCUT2D eigenvalue weighted by Crippen LogP contribution is -2.66. The molecule has 2 fully saturated rings. The molecule has 1 saturated carbocycles. The number of carbonyl (C=O) groups excluding carboxylic acids is 1. The third kappa shape index (κ3) is 2.65. The zero-order valence-corrected chi connectivity index (χ0v) is 13.4. The number of amides is 1. The summed E-state index contributed by atoms with van der Waals surface area (Å²) in [7, 11) is -3.39. The van der Waals surface area contributed by atoms with Gasteiger partial charge in [0.15, 0.2) is 9.84 Å². The molecule has 1 aliphatic heterocycles. The van der Waals surface area contributed by atoms with Gasteiger partial charge in [-0.25, -0.2) is 8.42 Å². The van der Waals surface area contributed by atoms with E-state index in [0.717, 1.165) is 32.4 Å². The van der Waals surface area contributed by atoms with Gasteiger partial charge in [0.25, 0.3) is 0 Å². The van der Waals surface area contributed by atoms with Gasteiger partial charge in [0.2, 0.25) is 5.91 Å². The molecule has 0 spiro atoms. The molecule has 120 valence electrons. The number of likely N-dealkylation sites (tertiary alicyclic amines) is 1. The molecule has 22 heavy (non-hydrogen) atoms. The zero-order valence-electron chi connectivity index (χ0n) is 12.6. The second-order valence-electron chi connectivity index (χ2n) is 6.40. The van der Waals surface area contributed by atoms with Crippen molar-refractivity contribution < 1.29 is 13.2 Å². The number of carbonyl (C=O) groups is 1. The van der Waals surface area contributed by atoms with Crippen LogP contribution in [0, 0.1) is 0 Å². The average Bonchev–Trinajstić information content (AvgIpc) is 2.52. The molecule has 0 unspecified atom stereocenters. The second-order valence-corrected chi connectivity index (χ2v) is 8.63. The van der Waals surface area contributed by atoms with Crippen LogP contribution in [-0.4, -0.2) is 43.1 Å². The number of benzene rings is 1. The van der Waals surface area contributed by atoms with E-state index in [9.17, 15) is 13.2 Å². The fourth-order valence-electron chi connectivity index (χ4n) is 3.36. The smallest absolute Gasteiger partial charge is 0.242 e. The van der Waals surface area contributed by atoms with Gasteiger partial charge in [0, 0.05) is 13.1 Å². The molecule has 1 aromatic carbocycles. The Hall–Kier alpha value is -1.40. The molecule has 0 radical (unpaired) electrons. The van der Waals surface area contributed by atoms with E-state index in [1.54, 1.807) is 35.2 Å². The Morgan fingerprint density at radius 3 is 2.27 bits per heavy atom. The number of hydrogen-bond acceptors (Lipinski definition) is 4. The Kier molecular flexibility index (Phi) is 3.99. The molecule has 0 aromatic heterocycles. The molecule has 1 aliphatic carbocycles. The monoisotopic (exact) mass is 322 g/mol. The summed E-state index contributed by atoms with van der Waals surface area (Å²) in [6, 6.07) is 8.39. The summed E-state index contributed by atoms with van der Waals surface area (Å²) in [5.41, 5.74) is 5.19. The van der Waals surface area contributed by atoms with Crippen LogP contribution in [0.5, 0.6) is 0 Å². The lowest BCUT2D eigenvalue weighted by molar-refractivity contribution is -0.140. The summed E-state index contributed by atoms with van der Waals surface area (Å²) in [4.78, 5) is 14.6. The average molecular weight is 322 g/mol. The van der Waals surface area contributed by atoms with Crippen molar-refractivity contribution in [2.24, 2.45) is 5.73 Å². The number of hydrogen-bond donors (Lipinski definition) is 1. The highest BCUT2D eigenvalue weighted by Crippen LogP contribution is 2.39. The number of nitrogens with two attached hydrogens (primary N) is 1. The first-order valence-electron chi connectivity index (χ1n) is 7.81. The van der Waals surface area contributed by atoms with E-state index < -0.39 is 20.6 Å². The molecule has 1 aromatic rings. The third-order valence-electron chi connectivity index (χ3n) is 4.76. The zero-order chi connectivity index (χ0) is 15.8. The lowest BCUT2D eigenvalue weighted by Gasteiger charge is -2.45. The standard InChI is InChI=1S/C16H22N2O3S/c17-16(15(19)18-9-5-2-6-10-18)11-14(12-16)22(20,21)13-7-3-1-4-8-13/h1,3-4,7-8,14H,2,5-6,9-12,17H2. The largest absolute Gasteiger partial charge is 0.341 e. The van der Waals surface area contributed by atoms with Gasteiger partial charge in [-0.2, -0.15) is 0 Å². The highest BCUT2D eigenvalue weighted by molar-refractivity contribution is 7.92. The van der Waals surface area contributed by atoms with Crippen LogP contribution < -0.4 is 5.73 Å². The molecule has 6 heteroatoms. The Bertz CT molecular complexity index is 645. The Labute approximate surface area is 131 Å². The maximum atomic E-state index is 12.5. The van der Waals surface area contributed by atoms with Crippen LogP contribution >= 0.6 is 0 Å². The van der Waals surface area contributed by atoms with E-state index in [-0.39, 0.29) is 18.7 Å². The molecule has 2 aliphatic rings. The summed E-state index contributed by atoms with van der Waals surface area (Å²) in [6.45, 7) is 1.49. The molecular formula is C16H22N2O3S. The minimum absolute atomic E-state index is 0.0771. The van der Waals surface area contributed by atoms with Gasteiger partial charge >= 0.3 is 0 Å². The normalized spacial score (nSPS) is 29.0. The van der Waals surface area contributed by atoms with Crippen molar-refractivity contribution in [2.75, 3.05) is 13.1 Å². The predicted octanol–water partition coefficient (Wildman–Crippen LogP) is 1.33. The first-order chi connectivity index (χ1) is 10.4. The number of piperidine rings is 1. The molecule has 0 atom stereocenters. The van der Waals surface area contributed by atoms with Gasteiger partial charge < -0.3 is 10.6 Å². The molecule has 1 saturated heterocycles. The molecular weight excluding hydrogens is 300 g/mol. The quantitative estimate of drug-likeness (QED) is 0.910. The first-order valence-corrected chi connectivity index (χ1v) is 9.35. The maximum absolute atomic E-state index is 12.5. The van der Waals surface area contributed by atoms with Crippen molar-refractivity contribution in [3.63, 3.8) is 0 Å².